The van der Waals surface area contributed by atoms with Crippen molar-refractivity contribution in [3.8, 4) is 0 Å². The Balaban J connectivity index is 1.57. The number of rotatable bonds is 6. The van der Waals surface area contributed by atoms with Gasteiger partial charge in [-0.05, 0) is 44.3 Å². The standard InChI is InChI=1S/C17H26N2O/c1-2-7-15(8-3-1)17(19-10-4-5-11-19)14-18-13-16-9-6-12-20-16/h1-3,7-8,16-18H,4-6,9-14H2. The maximum Gasteiger partial charge on any atom is 0.0700 e. The molecule has 2 atom stereocenters. The largest absolute Gasteiger partial charge is 0.377 e. The zero-order chi connectivity index (χ0) is 13.6. The molecule has 0 amide bonds. The first-order valence-electron chi connectivity index (χ1n) is 8.05. The average Bonchev–Trinajstić information content (AvgIpc) is 3.18. The first kappa shape index (κ1) is 14.1. The summed E-state index contributed by atoms with van der Waals surface area (Å²) in [5, 5.41) is 3.64. The van der Waals surface area contributed by atoms with E-state index in [4.69, 9.17) is 4.74 Å². The van der Waals surface area contributed by atoms with Crippen LogP contribution in [0.15, 0.2) is 30.3 Å². The predicted molar refractivity (Wildman–Crippen MR) is 81.8 cm³/mol. The number of nitrogens with zero attached hydrogens (tertiary/aromatic N) is 1. The highest BCUT2D eigenvalue weighted by Gasteiger charge is 2.23. The molecule has 0 aromatic heterocycles. The van der Waals surface area contributed by atoms with E-state index in [1.54, 1.807) is 0 Å². The molecule has 1 aromatic carbocycles. The van der Waals surface area contributed by atoms with E-state index in [1.807, 2.05) is 0 Å². The summed E-state index contributed by atoms with van der Waals surface area (Å²) in [4.78, 5) is 2.62. The molecule has 3 rings (SSSR count). The lowest BCUT2D eigenvalue weighted by molar-refractivity contribution is 0.107. The minimum atomic E-state index is 0.435. The fraction of sp³-hybridized carbons (Fsp3) is 0.647. The average molecular weight is 274 g/mol. The molecular weight excluding hydrogens is 248 g/mol. The summed E-state index contributed by atoms with van der Waals surface area (Å²) in [5.74, 6) is 0. The first-order valence-corrected chi connectivity index (χ1v) is 8.05. The molecule has 2 heterocycles. The van der Waals surface area contributed by atoms with Crippen LogP contribution in [-0.2, 0) is 4.74 Å². The van der Waals surface area contributed by atoms with Crippen LogP contribution in [0.1, 0.15) is 37.3 Å². The van der Waals surface area contributed by atoms with E-state index >= 15 is 0 Å². The van der Waals surface area contributed by atoms with Crippen LogP contribution in [0.5, 0.6) is 0 Å². The fourth-order valence-corrected chi connectivity index (χ4v) is 3.37. The summed E-state index contributed by atoms with van der Waals surface area (Å²) in [6, 6.07) is 11.4. The van der Waals surface area contributed by atoms with Gasteiger partial charge >= 0.3 is 0 Å². The Morgan fingerprint density at radius 1 is 1.15 bits per heavy atom. The molecule has 1 aromatic rings. The second kappa shape index (κ2) is 7.21. The smallest absolute Gasteiger partial charge is 0.0700 e. The number of hydrogen-bond acceptors (Lipinski definition) is 3. The quantitative estimate of drug-likeness (QED) is 0.863. The lowest BCUT2D eigenvalue weighted by atomic mass is 10.1. The van der Waals surface area contributed by atoms with Crippen LogP contribution in [0.2, 0.25) is 0 Å². The van der Waals surface area contributed by atoms with Gasteiger partial charge in [0.2, 0.25) is 0 Å². The third-order valence-corrected chi connectivity index (χ3v) is 4.50. The van der Waals surface area contributed by atoms with E-state index in [1.165, 1.54) is 44.3 Å². The Morgan fingerprint density at radius 2 is 1.95 bits per heavy atom. The van der Waals surface area contributed by atoms with Gasteiger partial charge in [-0.3, -0.25) is 4.90 Å². The van der Waals surface area contributed by atoms with E-state index in [-0.39, 0.29) is 0 Å². The van der Waals surface area contributed by atoms with Crippen LogP contribution in [0.3, 0.4) is 0 Å². The molecule has 0 radical (unpaired) electrons. The van der Waals surface area contributed by atoms with Crippen molar-refractivity contribution in [2.24, 2.45) is 0 Å². The van der Waals surface area contributed by atoms with Crippen LogP contribution < -0.4 is 5.32 Å². The van der Waals surface area contributed by atoms with Crippen LogP contribution >= 0.6 is 0 Å². The van der Waals surface area contributed by atoms with Gasteiger partial charge in [-0.25, -0.2) is 0 Å². The summed E-state index contributed by atoms with van der Waals surface area (Å²) in [5.41, 5.74) is 1.44. The normalized spacial score (nSPS) is 25.1. The van der Waals surface area contributed by atoms with Gasteiger partial charge in [-0.15, -0.1) is 0 Å². The fourth-order valence-electron chi connectivity index (χ4n) is 3.37. The summed E-state index contributed by atoms with van der Waals surface area (Å²) in [7, 11) is 0. The van der Waals surface area contributed by atoms with Crippen molar-refractivity contribution in [1.29, 1.82) is 0 Å². The predicted octanol–water partition coefficient (Wildman–Crippen LogP) is 2.59. The third kappa shape index (κ3) is 3.60. The van der Waals surface area contributed by atoms with Crippen molar-refractivity contribution in [3.05, 3.63) is 35.9 Å². The van der Waals surface area contributed by atoms with Gasteiger partial charge in [0.05, 0.1) is 6.10 Å². The minimum Gasteiger partial charge on any atom is -0.377 e. The van der Waals surface area contributed by atoms with E-state index < -0.39 is 0 Å². The van der Waals surface area contributed by atoms with Gasteiger partial charge in [-0.2, -0.15) is 0 Å². The van der Waals surface area contributed by atoms with E-state index in [0.29, 0.717) is 12.1 Å². The van der Waals surface area contributed by atoms with Gasteiger partial charge in [0.1, 0.15) is 0 Å². The van der Waals surface area contributed by atoms with Crippen molar-refractivity contribution in [1.82, 2.24) is 10.2 Å². The van der Waals surface area contributed by atoms with Crippen molar-refractivity contribution in [2.75, 3.05) is 32.8 Å². The van der Waals surface area contributed by atoms with Crippen LogP contribution in [0.25, 0.3) is 0 Å². The van der Waals surface area contributed by atoms with Gasteiger partial charge in [0.25, 0.3) is 0 Å². The van der Waals surface area contributed by atoms with E-state index in [0.717, 1.165) is 19.7 Å². The molecule has 2 saturated heterocycles. The number of hydrogen-bond donors (Lipinski definition) is 1. The summed E-state index contributed by atoms with van der Waals surface area (Å²) in [6.45, 7) is 5.45. The summed E-state index contributed by atoms with van der Waals surface area (Å²) in [6.07, 6.45) is 5.56. The van der Waals surface area contributed by atoms with Crippen molar-refractivity contribution in [3.63, 3.8) is 0 Å². The van der Waals surface area contributed by atoms with Gasteiger partial charge in [-0.1, -0.05) is 30.3 Å². The molecule has 20 heavy (non-hydrogen) atoms. The Labute approximate surface area is 122 Å². The molecule has 0 aliphatic carbocycles. The second-order valence-electron chi connectivity index (χ2n) is 5.96. The highest BCUT2D eigenvalue weighted by molar-refractivity contribution is 5.19. The lowest BCUT2D eigenvalue weighted by Crippen LogP contribution is -2.37. The topological polar surface area (TPSA) is 24.5 Å². The van der Waals surface area contributed by atoms with Crippen LogP contribution in [-0.4, -0.2) is 43.8 Å². The zero-order valence-corrected chi connectivity index (χ0v) is 12.3. The molecule has 3 nitrogen and oxygen atoms in total. The molecule has 0 saturated carbocycles. The molecule has 0 bridgehead atoms. The van der Waals surface area contributed by atoms with Crippen molar-refractivity contribution in [2.45, 2.75) is 37.8 Å². The minimum absolute atomic E-state index is 0.435. The molecule has 0 spiro atoms. The Hall–Kier alpha value is -0.900. The first-order chi connectivity index (χ1) is 9.93. The molecule has 3 heteroatoms. The number of benzene rings is 1. The van der Waals surface area contributed by atoms with Crippen molar-refractivity contribution < 1.29 is 4.74 Å². The molecule has 1 N–H and O–H groups in total. The number of ether oxygens (including phenoxy) is 1. The van der Waals surface area contributed by atoms with E-state index in [9.17, 15) is 0 Å². The summed E-state index contributed by atoms with van der Waals surface area (Å²) < 4.78 is 5.69. The van der Waals surface area contributed by atoms with Gasteiger partial charge in [0, 0.05) is 25.7 Å². The maximum atomic E-state index is 5.69. The molecular formula is C17H26N2O. The Bertz CT molecular complexity index is 383. The monoisotopic (exact) mass is 274 g/mol. The Kier molecular flexibility index (Phi) is 5.06. The number of likely N-dealkylation sites (tertiary alicyclic amines) is 1. The van der Waals surface area contributed by atoms with E-state index in [2.05, 4.69) is 40.5 Å². The highest BCUT2D eigenvalue weighted by Crippen LogP contribution is 2.24. The molecule has 2 fully saturated rings. The second-order valence-corrected chi connectivity index (χ2v) is 5.96. The van der Waals surface area contributed by atoms with Crippen LogP contribution in [0, 0.1) is 0 Å². The lowest BCUT2D eigenvalue weighted by Gasteiger charge is -2.28. The molecule has 2 aliphatic heterocycles. The van der Waals surface area contributed by atoms with Gasteiger partial charge in [0.15, 0.2) is 0 Å². The highest BCUT2D eigenvalue weighted by atomic mass is 16.5. The SMILES string of the molecule is c1ccc(C(CNCC2CCCO2)N2CCCC2)cc1. The molecule has 110 valence electrons. The molecule has 2 aliphatic rings. The van der Waals surface area contributed by atoms with Crippen molar-refractivity contribution >= 4 is 0 Å². The van der Waals surface area contributed by atoms with Gasteiger partial charge < -0.3 is 10.1 Å². The third-order valence-electron chi connectivity index (χ3n) is 4.50. The zero-order valence-electron chi connectivity index (χ0n) is 12.3. The summed E-state index contributed by atoms with van der Waals surface area (Å²) >= 11 is 0. The molecule has 2 unspecified atom stereocenters. The van der Waals surface area contributed by atoms with Crippen LogP contribution in [0.4, 0.5) is 0 Å². The Morgan fingerprint density at radius 3 is 2.65 bits per heavy atom. The maximum absolute atomic E-state index is 5.69. The number of nitrogens with one attached hydrogen (secondary N) is 1.